The van der Waals surface area contributed by atoms with Crippen molar-refractivity contribution >= 4 is 17.3 Å². The third kappa shape index (κ3) is 4.53. The Labute approximate surface area is 112 Å². The number of rotatable bonds is 7. The lowest BCUT2D eigenvalue weighted by Crippen LogP contribution is -2.05. The highest BCUT2D eigenvalue weighted by Crippen LogP contribution is 2.23. The van der Waals surface area contributed by atoms with Crippen molar-refractivity contribution in [1.82, 2.24) is 0 Å². The second-order valence-corrected chi connectivity index (χ2v) is 4.80. The van der Waals surface area contributed by atoms with E-state index in [1.807, 2.05) is 0 Å². The maximum absolute atomic E-state index is 10.7. The molecule has 100 valence electrons. The maximum atomic E-state index is 10.7. The molecule has 1 atom stereocenters. The third-order valence-corrected chi connectivity index (χ3v) is 3.06. The summed E-state index contributed by atoms with van der Waals surface area (Å²) in [6, 6.07) is 4.81. The Morgan fingerprint density at radius 1 is 1.44 bits per heavy atom. The normalized spacial score (nSPS) is 12.2. The summed E-state index contributed by atoms with van der Waals surface area (Å²) in [6.45, 7) is 4.45. The molecule has 0 radical (unpaired) electrons. The topological polar surface area (TPSA) is 52.4 Å². The minimum Gasteiger partial charge on any atom is -0.494 e. The SMILES string of the molecule is Cc1cc(OCCC(C)CCCl)ccc1[N+](=O)[O-]. The summed E-state index contributed by atoms with van der Waals surface area (Å²) in [5, 5.41) is 10.7. The van der Waals surface area contributed by atoms with Gasteiger partial charge in [-0.2, -0.15) is 0 Å². The molecular formula is C13H18ClNO3. The van der Waals surface area contributed by atoms with Crippen LogP contribution in [0.5, 0.6) is 5.75 Å². The summed E-state index contributed by atoms with van der Waals surface area (Å²) in [5.74, 6) is 1.87. The quantitative estimate of drug-likeness (QED) is 0.429. The summed E-state index contributed by atoms with van der Waals surface area (Å²) in [4.78, 5) is 10.3. The van der Waals surface area contributed by atoms with Crippen molar-refractivity contribution in [2.75, 3.05) is 12.5 Å². The zero-order chi connectivity index (χ0) is 13.5. The summed E-state index contributed by atoms with van der Waals surface area (Å²) in [6.07, 6.45) is 1.91. The third-order valence-electron chi connectivity index (χ3n) is 2.85. The molecule has 5 heteroatoms. The lowest BCUT2D eigenvalue weighted by Gasteiger charge is -2.11. The largest absolute Gasteiger partial charge is 0.494 e. The molecule has 0 amide bonds. The molecule has 0 aromatic heterocycles. The first-order valence-corrected chi connectivity index (χ1v) is 6.52. The van der Waals surface area contributed by atoms with E-state index in [2.05, 4.69) is 6.92 Å². The van der Waals surface area contributed by atoms with E-state index < -0.39 is 0 Å². The first-order chi connectivity index (χ1) is 8.54. The van der Waals surface area contributed by atoms with Crippen LogP contribution in [0.15, 0.2) is 18.2 Å². The molecule has 0 heterocycles. The van der Waals surface area contributed by atoms with Crippen LogP contribution in [0.1, 0.15) is 25.3 Å². The molecule has 1 unspecified atom stereocenters. The van der Waals surface area contributed by atoms with Crippen LogP contribution >= 0.6 is 11.6 Å². The van der Waals surface area contributed by atoms with Gasteiger partial charge in [-0.1, -0.05) is 6.92 Å². The molecule has 0 aliphatic carbocycles. The molecule has 1 aromatic carbocycles. The molecule has 0 saturated carbocycles. The lowest BCUT2D eigenvalue weighted by molar-refractivity contribution is -0.385. The van der Waals surface area contributed by atoms with Crippen LogP contribution in [-0.2, 0) is 0 Å². The van der Waals surface area contributed by atoms with Crippen LogP contribution in [0.4, 0.5) is 5.69 Å². The highest BCUT2D eigenvalue weighted by molar-refractivity contribution is 6.17. The standard InChI is InChI=1S/C13H18ClNO3/c1-10(5-7-14)6-8-18-12-3-4-13(15(16)17)11(2)9-12/h3-4,9-10H,5-8H2,1-2H3. The van der Waals surface area contributed by atoms with Crippen molar-refractivity contribution in [3.05, 3.63) is 33.9 Å². The monoisotopic (exact) mass is 271 g/mol. The van der Waals surface area contributed by atoms with Crippen molar-refractivity contribution in [2.24, 2.45) is 5.92 Å². The molecule has 0 aliphatic rings. The highest BCUT2D eigenvalue weighted by atomic mass is 35.5. The van der Waals surface area contributed by atoms with E-state index in [4.69, 9.17) is 16.3 Å². The number of alkyl halides is 1. The van der Waals surface area contributed by atoms with Gasteiger partial charge in [-0.3, -0.25) is 10.1 Å². The predicted molar refractivity (Wildman–Crippen MR) is 72.4 cm³/mol. The zero-order valence-corrected chi connectivity index (χ0v) is 11.4. The van der Waals surface area contributed by atoms with Crippen molar-refractivity contribution in [3.63, 3.8) is 0 Å². The first kappa shape index (κ1) is 14.8. The van der Waals surface area contributed by atoms with Gasteiger partial charge in [0.05, 0.1) is 11.5 Å². The second-order valence-electron chi connectivity index (χ2n) is 4.43. The van der Waals surface area contributed by atoms with E-state index >= 15 is 0 Å². The summed E-state index contributed by atoms with van der Waals surface area (Å²) in [7, 11) is 0. The number of hydrogen-bond donors (Lipinski definition) is 0. The van der Waals surface area contributed by atoms with Gasteiger partial charge < -0.3 is 4.74 Å². The number of hydrogen-bond acceptors (Lipinski definition) is 3. The fourth-order valence-electron chi connectivity index (χ4n) is 1.63. The van der Waals surface area contributed by atoms with Gasteiger partial charge in [-0.15, -0.1) is 11.6 Å². The van der Waals surface area contributed by atoms with E-state index in [1.54, 1.807) is 19.1 Å². The van der Waals surface area contributed by atoms with Crippen LogP contribution in [0.2, 0.25) is 0 Å². The molecule has 1 aromatic rings. The molecule has 1 rings (SSSR count). The number of ether oxygens (including phenoxy) is 1. The Balaban J connectivity index is 2.49. The molecular weight excluding hydrogens is 254 g/mol. The molecule has 0 aliphatic heterocycles. The number of nitro groups is 1. The van der Waals surface area contributed by atoms with Crippen molar-refractivity contribution < 1.29 is 9.66 Å². The van der Waals surface area contributed by atoms with E-state index in [1.165, 1.54) is 6.07 Å². The van der Waals surface area contributed by atoms with Crippen LogP contribution < -0.4 is 4.74 Å². The Bertz CT molecular complexity index is 409. The van der Waals surface area contributed by atoms with E-state index in [0.717, 1.165) is 12.8 Å². The van der Waals surface area contributed by atoms with Crippen LogP contribution in [0.25, 0.3) is 0 Å². The smallest absolute Gasteiger partial charge is 0.272 e. The number of nitrogens with zero attached hydrogens (tertiary/aromatic N) is 1. The Hall–Kier alpha value is -1.29. The van der Waals surface area contributed by atoms with Gasteiger partial charge in [0, 0.05) is 17.5 Å². The number of nitro benzene ring substituents is 1. The summed E-state index contributed by atoms with van der Waals surface area (Å²) in [5.41, 5.74) is 0.740. The molecule has 0 N–H and O–H groups in total. The molecule has 4 nitrogen and oxygen atoms in total. The maximum Gasteiger partial charge on any atom is 0.272 e. The molecule has 18 heavy (non-hydrogen) atoms. The first-order valence-electron chi connectivity index (χ1n) is 5.98. The fraction of sp³-hybridized carbons (Fsp3) is 0.538. The zero-order valence-electron chi connectivity index (χ0n) is 10.7. The summed E-state index contributed by atoms with van der Waals surface area (Å²) >= 11 is 5.66. The van der Waals surface area contributed by atoms with Gasteiger partial charge in [0.15, 0.2) is 0 Å². The molecule has 0 bridgehead atoms. The number of halogens is 1. The Kier molecular flexibility index (Phi) is 5.92. The molecule has 0 fully saturated rings. The minimum atomic E-state index is -0.387. The average molecular weight is 272 g/mol. The van der Waals surface area contributed by atoms with Gasteiger partial charge in [-0.05, 0) is 37.8 Å². The van der Waals surface area contributed by atoms with E-state index in [0.29, 0.717) is 29.7 Å². The van der Waals surface area contributed by atoms with Gasteiger partial charge in [0.1, 0.15) is 5.75 Å². The van der Waals surface area contributed by atoms with Gasteiger partial charge in [-0.25, -0.2) is 0 Å². The second kappa shape index (κ2) is 7.21. The van der Waals surface area contributed by atoms with Crippen molar-refractivity contribution in [2.45, 2.75) is 26.7 Å². The average Bonchev–Trinajstić information content (AvgIpc) is 2.29. The number of benzene rings is 1. The lowest BCUT2D eigenvalue weighted by atomic mass is 10.1. The molecule has 0 spiro atoms. The van der Waals surface area contributed by atoms with Crippen LogP contribution in [0.3, 0.4) is 0 Å². The number of aryl methyl sites for hydroxylation is 1. The molecule has 0 saturated heterocycles. The Morgan fingerprint density at radius 2 is 2.17 bits per heavy atom. The van der Waals surface area contributed by atoms with Crippen molar-refractivity contribution in [3.8, 4) is 5.75 Å². The van der Waals surface area contributed by atoms with Gasteiger partial charge in [0.2, 0.25) is 0 Å². The fourth-order valence-corrected chi connectivity index (χ4v) is 2.00. The Morgan fingerprint density at radius 3 is 2.72 bits per heavy atom. The minimum absolute atomic E-state index is 0.123. The van der Waals surface area contributed by atoms with Crippen molar-refractivity contribution in [1.29, 1.82) is 0 Å². The van der Waals surface area contributed by atoms with Crippen LogP contribution in [-0.4, -0.2) is 17.4 Å². The van der Waals surface area contributed by atoms with Gasteiger partial charge >= 0.3 is 0 Å². The predicted octanol–water partition coefficient (Wildman–Crippen LogP) is 3.94. The highest BCUT2D eigenvalue weighted by Gasteiger charge is 2.10. The van der Waals surface area contributed by atoms with E-state index in [9.17, 15) is 10.1 Å². The van der Waals surface area contributed by atoms with Crippen LogP contribution in [0, 0.1) is 23.0 Å². The van der Waals surface area contributed by atoms with Gasteiger partial charge in [0.25, 0.3) is 5.69 Å². The summed E-state index contributed by atoms with van der Waals surface area (Å²) < 4.78 is 5.57. The van der Waals surface area contributed by atoms with E-state index in [-0.39, 0.29) is 10.6 Å².